The number of amides is 1. The van der Waals surface area contributed by atoms with Crippen molar-refractivity contribution in [1.82, 2.24) is 0 Å². The highest BCUT2D eigenvalue weighted by atomic mass is 79.9. The summed E-state index contributed by atoms with van der Waals surface area (Å²) < 4.78 is 0.984. The minimum atomic E-state index is -0.331. The summed E-state index contributed by atoms with van der Waals surface area (Å²) in [5.74, 6) is -0.460. The van der Waals surface area contributed by atoms with Crippen molar-refractivity contribution in [1.29, 1.82) is 0 Å². The Bertz CT molecular complexity index is 375. The molecular weight excluding hydrogens is 270 g/mol. The topological polar surface area (TPSA) is 49.3 Å². The van der Waals surface area contributed by atoms with Gasteiger partial charge in [0.15, 0.2) is 0 Å². The maximum Gasteiger partial charge on any atom is 0.229 e. The lowest BCUT2D eigenvalue weighted by Gasteiger charge is -2.13. The molecule has 2 N–H and O–H groups in total. The molecule has 1 aromatic carbocycles. The summed E-state index contributed by atoms with van der Waals surface area (Å²) in [6.07, 6.45) is 0.637. The van der Waals surface area contributed by atoms with E-state index in [9.17, 15) is 4.79 Å². The SMILES string of the molecule is CCC(CO)C(=O)Nc1ccc(Br)cc1C. The molecule has 1 amide bonds. The van der Waals surface area contributed by atoms with E-state index in [1.54, 1.807) is 0 Å². The smallest absolute Gasteiger partial charge is 0.229 e. The first-order valence-electron chi connectivity index (χ1n) is 5.26. The Hall–Kier alpha value is -0.870. The molecule has 1 aromatic rings. The summed E-state index contributed by atoms with van der Waals surface area (Å²) in [5.41, 5.74) is 1.79. The van der Waals surface area contributed by atoms with Gasteiger partial charge in [-0.2, -0.15) is 0 Å². The summed E-state index contributed by atoms with van der Waals surface area (Å²) in [5, 5.41) is 11.8. The zero-order valence-electron chi connectivity index (χ0n) is 9.46. The molecule has 88 valence electrons. The monoisotopic (exact) mass is 285 g/mol. The van der Waals surface area contributed by atoms with Gasteiger partial charge in [0.25, 0.3) is 0 Å². The predicted octanol–water partition coefficient (Wildman–Crippen LogP) is 2.71. The van der Waals surface area contributed by atoms with Crippen molar-refractivity contribution in [3.63, 3.8) is 0 Å². The van der Waals surface area contributed by atoms with E-state index >= 15 is 0 Å². The molecule has 16 heavy (non-hydrogen) atoms. The van der Waals surface area contributed by atoms with Crippen LogP contribution in [0.15, 0.2) is 22.7 Å². The van der Waals surface area contributed by atoms with Gasteiger partial charge in [0, 0.05) is 10.2 Å². The molecule has 0 fully saturated rings. The minimum absolute atomic E-state index is 0.113. The van der Waals surface area contributed by atoms with Gasteiger partial charge in [-0.05, 0) is 37.1 Å². The van der Waals surface area contributed by atoms with E-state index in [1.165, 1.54) is 0 Å². The first-order chi connectivity index (χ1) is 7.58. The van der Waals surface area contributed by atoms with Crippen LogP contribution in [0.5, 0.6) is 0 Å². The first kappa shape index (κ1) is 13.2. The Morgan fingerprint density at radius 3 is 2.75 bits per heavy atom. The standard InChI is InChI=1S/C12H16BrNO2/c1-3-9(7-15)12(16)14-11-5-4-10(13)6-8(11)2/h4-6,9,15H,3,7H2,1-2H3,(H,14,16). The van der Waals surface area contributed by atoms with Crippen molar-refractivity contribution in [3.8, 4) is 0 Å². The third kappa shape index (κ3) is 3.32. The molecule has 1 rings (SSSR count). The van der Waals surface area contributed by atoms with Crippen LogP contribution in [0, 0.1) is 12.8 Å². The Kier molecular flexibility index (Phi) is 4.96. The van der Waals surface area contributed by atoms with Gasteiger partial charge in [0.1, 0.15) is 0 Å². The number of nitrogens with one attached hydrogen (secondary N) is 1. The number of halogens is 1. The van der Waals surface area contributed by atoms with Gasteiger partial charge in [-0.3, -0.25) is 4.79 Å². The molecule has 1 atom stereocenters. The van der Waals surface area contributed by atoms with Crippen molar-refractivity contribution in [2.24, 2.45) is 5.92 Å². The summed E-state index contributed by atoms with van der Waals surface area (Å²) >= 11 is 3.37. The van der Waals surface area contributed by atoms with E-state index in [0.29, 0.717) is 6.42 Å². The lowest BCUT2D eigenvalue weighted by atomic mass is 10.1. The molecule has 0 aromatic heterocycles. The van der Waals surface area contributed by atoms with Gasteiger partial charge >= 0.3 is 0 Å². The highest BCUT2D eigenvalue weighted by Crippen LogP contribution is 2.20. The van der Waals surface area contributed by atoms with E-state index in [-0.39, 0.29) is 18.4 Å². The van der Waals surface area contributed by atoms with Gasteiger partial charge in [0.2, 0.25) is 5.91 Å². The summed E-state index contributed by atoms with van der Waals surface area (Å²) in [4.78, 5) is 11.7. The van der Waals surface area contributed by atoms with Crippen LogP contribution in [0.2, 0.25) is 0 Å². The summed E-state index contributed by atoms with van der Waals surface area (Å²) in [6, 6.07) is 5.67. The number of hydrogen-bond donors (Lipinski definition) is 2. The second kappa shape index (κ2) is 6.01. The molecule has 0 radical (unpaired) electrons. The number of anilines is 1. The van der Waals surface area contributed by atoms with E-state index in [2.05, 4.69) is 21.2 Å². The van der Waals surface area contributed by atoms with E-state index in [1.807, 2.05) is 32.0 Å². The molecule has 0 heterocycles. The van der Waals surface area contributed by atoms with Gasteiger partial charge < -0.3 is 10.4 Å². The number of benzene rings is 1. The lowest BCUT2D eigenvalue weighted by Crippen LogP contribution is -2.25. The number of aliphatic hydroxyl groups excluding tert-OH is 1. The van der Waals surface area contributed by atoms with E-state index in [0.717, 1.165) is 15.7 Å². The number of carbonyl (C=O) groups excluding carboxylic acids is 1. The third-order valence-electron chi connectivity index (χ3n) is 2.53. The Labute approximate surface area is 104 Å². The number of carbonyl (C=O) groups is 1. The molecule has 0 aliphatic heterocycles. The van der Waals surface area contributed by atoms with Crippen LogP contribution < -0.4 is 5.32 Å². The van der Waals surface area contributed by atoms with Crippen molar-refractivity contribution in [2.45, 2.75) is 20.3 Å². The number of rotatable bonds is 4. The lowest BCUT2D eigenvalue weighted by molar-refractivity contribution is -0.121. The maximum absolute atomic E-state index is 11.7. The van der Waals surface area contributed by atoms with Crippen molar-refractivity contribution in [2.75, 3.05) is 11.9 Å². The van der Waals surface area contributed by atoms with Crippen LogP contribution in [0.25, 0.3) is 0 Å². The summed E-state index contributed by atoms with van der Waals surface area (Å²) in [7, 11) is 0. The fourth-order valence-corrected chi connectivity index (χ4v) is 1.88. The minimum Gasteiger partial charge on any atom is -0.396 e. The average Bonchev–Trinajstić information content (AvgIpc) is 2.24. The van der Waals surface area contributed by atoms with Crippen LogP contribution in [0.4, 0.5) is 5.69 Å². The maximum atomic E-state index is 11.7. The molecular formula is C12H16BrNO2. The molecule has 0 bridgehead atoms. The molecule has 0 spiro atoms. The Morgan fingerprint density at radius 1 is 1.56 bits per heavy atom. The zero-order valence-corrected chi connectivity index (χ0v) is 11.0. The van der Waals surface area contributed by atoms with Gasteiger partial charge in [-0.15, -0.1) is 0 Å². The number of hydrogen-bond acceptors (Lipinski definition) is 2. The zero-order chi connectivity index (χ0) is 12.1. The molecule has 0 aliphatic carbocycles. The number of aliphatic hydroxyl groups is 1. The van der Waals surface area contributed by atoms with Gasteiger partial charge in [-0.25, -0.2) is 0 Å². The van der Waals surface area contributed by atoms with Gasteiger partial charge in [0.05, 0.1) is 12.5 Å². The number of aryl methyl sites for hydroxylation is 1. The van der Waals surface area contributed by atoms with Crippen LogP contribution in [0.1, 0.15) is 18.9 Å². The van der Waals surface area contributed by atoms with Gasteiger partial charge in [-0.1, -0.05) is 22.9 Å². The van der Waals surface area contributed by atoms with E-state index in [4.69, 9.17) is 5.11 Å². The molecule has 1 unspecified atom stereocenters. The predicted molar refractivity (Wildman–Crippen MR) is 68.4 cm³/mol. The molecule has 0 saturated carbocycles. The summed E-state index contributed by atoms with van der Waals surface area (Å²) in [6.45, 7) is 3.70. The largest absolute Gasteiger partial charge is 0.396 e. The quantitative estimate of drug-likeness (QED) is 0.894. The fraction of sp³-hybridized carbons (Fsp3) is 0.417. The Morgan fingerprint density at radius 2 is 2.25 bits per heavy atom. The Balaban J connectivity index is 2.76. The molecule has 0 aliphatic rings. The average molecular weight is 286 g/mol. The second-order valence-corrected chi connectivity index (χ2v) is 4.65. The fourth-order valence-electron chi connectivity index (χ4n) is 1.40. The van der Waals surface area contributed by atoms with Crippen LogP contribution in [0.3, 0.4) is 0 Å². The highest BCUT2D eigenvalue weighted by molar-refractivity contribution is 9.10. The van der Waals surface area contributed by atoms with Crippen LogP contribution in [-0.2, 0) is 4.79 Å². The molecule has 0 saturated heterocycles. The third-order valence-corrected chi connectivity index (χ3v) is 3.02. The van der Waals surface area contributed by atoms with Crippen molar-refractivity contribution < 1.29 is 9.90 Å². The second-order valence-electron chi connectivity index (χ2n) is 3.74. The molecule has 3 nitrogen and oxygen atoms in total. The van der Waals surface area contributed by atoms with E-state index < -0.39 is 0 Å². The normalized spacial score (nSPS) is 12.2. The van der Waals surface area contributed by atoms with Crippen molar-refractivity contribution in [3.05, 3.63) is 28.2 Å². The van der Waals surface area contributed by atoms with Crippen LogP contribution >= 0.6 is 15.9 Å². The van der Waals surface area contributed by atoms with Crippen molar-refractivity contribution >= 4 is 27.5 Å². The van der Waals surface area contributed by atoms with Crippen LogP contribution in [-0.4, -0.2) is 17.6 Å². The first-order valence-corrected chi connectivity index (χ1v) is 6.05. The highest BCUT2D eigenvalue weighted by Gasteiger charge is 2.15. The molecule has 4 heteroatoms.